The molecule has 1 aromatic rings. The van der Waals surface area contributed by atoms with Crippen molar-refractivity contribution in [3.63, 3.8) is 0 Å². The van der Waals surface area contributed by atoms with Crippen molar-refractivity contribution in [2.75, 3.05) is 0 Å². The minimum atomic E-state index is -4.50. The van der Waals surface area contributed by atoms with Gasteiger partial charge in [-0.2, -0.15) is 13.2 Å². The third-order valence-corrected chi connectivity index (χ3v) is 5.59. The van der Waals surface area contributed by atoms with Crippen LogP contribution in [0, 0.1) is 16.7 Å². The summed E-state index contributed by atoms with van der Waals surface area (Å²) in [6, 6.07) is 4.19. The summed E-state index contributed by atoms with van der Waals surface area (Å²) in [5, 5.41) is 4.08. The lowest BCUT2D eigenvalue weighted by Gasteiger charge is -2.34. The first-order valence-electron chi connectivity index (χ1n) is 8.02. The SMILES string of the molecule is CC1(C)C(=NOC(=O)c2cccc(C(F)(F)F)c2)[C@]2(C)CCC1C2. The van der Waals surface area contributed by atoms with Crippen LogP contribution < -0.4 is 0 Å². The molecule has 2 aliphatic carbocycles. The molecule has 2 saturated carbocycles. The first-order chi connectivity index (χ1) is 11.0. The Balaban J connectivity index is 1.81. The van der Waals surface area contributed by atoms with Crippen LogP contribution in [0.1, 0.15) is 56.0 Å². The lowest BCUT2D eigenvalue weighted by molar-refractivity contribution is -0.137. The summed E-state index contributed by atoms with van der Waals surface area (Å²) in [5.74, 6) is -0.357. The molecule has 0 saturated heterocycles. The van der Waals surface area contributed by atoms with E-state index >= 15 is 0 Å². The number of rotatable bonds is 2. The highest BCUT2D eigenvalue weighted by atomic mass is 19.4. The second-order valence-corrected chi connectivity index (χ2v) is 7.62. The largest absolute Gasteiger partial charge is 0.416 e. The van der Waals surface area contributed by atoms with Gasteiger partial charge in [-0.25, -0.2) is 4.79 Å². The summed E-state index contributed by atoms with van der Waals surface area (Å²) < 4.78 is 38.2. The zero-order valence-corrected chi connectivity index (χ0v) is 13.9. The predicted molar refractivity (Wildman–Crippen MR) is 83.5 cm³/mol. The predicted octanol–water partition coefficient (Wildman–Crippen LogP) is 5.06. The Morgan fingerprint density at radius 2 is 2.00 bits per heavy atom. The van der Waals surface area contributed by atoms with Gasteiger partial charge in [-0.15, -0.1) is 0 Å². The van der Waals surface area contributed by atoms with E-state index in [1.165, 1.54) is 12.1 Å². The molecular formula is C18H20F3NO2. The summed E-state index contributed by atoms with van der Waals surface area (Å²) in [4.78, 5) is 17.1. The monoisotopic (exact) mass is 339 g/mol. The molecule has 2 bridgehead atoms. The topological polar surface area (TPSA) is 38.7 Å². The standard InChI is InChI=1S/C18H20F3NO2/c1-16(2)13-7-8-17(3,10-13)15(16)22-24-14(23)11-5-4-6-12(9-11)18(19,20)21/h4-6,9,13H,7-8,10H2,1-3H3/t13?,17-/m1/s1. The Hall–Kier alpha value is -1.85. The Bertz CT molecular complexity index is 702. The molecule has 24 heavy (non-hydrogen) atoms. The van der Waals surface area contributed by atoms with Crippen molar-refractivity contribution in [3.8, 4) is 0 Å². The van der Waals surface area contributed by atoms with E-state index in [0.29, 0.717) is 5.92 Å². The van der Waals surface area contributed by atoms with Crippen LogP contribution in [0.5, 0.6) is 0 Å². The van der Waals surface area contributed by atoms with E-state index in [1.807, 2.05) is 0 Å². The van der Waals surface area contributed by atoms with Gasteiger partial charge in [-0.1, -0.05) is 32.0 Å². The Labute approximate surface area is 138 Å². The van der Waals surface area contributed by atoms with E-state index in [9.17, 15) is 18.0 Å². The van der Waals surface area contributed by atoms with Crippen molar-refractivity contribution in [1.82, 2.24) is 0 Å². The Morgan fingerprint density at radius 1 is 1.29 bits per heavy atom. The number of halogens is 3. The minimum absolute atomic E-state index is 0.0811. The van der Waals surface area contributed by atoms with Crippen LogP contribution in [0.4, 0.5) is 13.2 Å². The van der Waals surface area contributed by atoms with Crippen LogP contribution in [-0.2, 0) is 11.0 Å². The maximum atomic E-state index is 12.7. The Morgan fingerprint density at radius 3 is 2.58 bits per heavy atom. The number of alkyl halides is 3. The number of carbonyl (C=O) groups excluding carboxylic acids is 1. The van der Waals surface area contributed by atoms with Crippen molar-refractivity contribution >= 4 is 11.7 Å². The molecule has 0 amide bonds. The van der Waals surface area contributed by atoms with Gasteiger partial charge < -0.3 is 4.84 Å². The van der Waals surface area contributed by atoms with E-state index in [4.69, 9.17) is 4.84 Å². The van der Waals surface area contributed by atoms with Gasteiger partial charge in [-0.3, -0.25) is 0 Å². The Kier molecular flexibility index (Phi) is 3.77. The van der Waals surface area contributed by atoms with Gasteiger partial charge in [0.15, 0.2) is 0 Å². The number of benzene rings is 1. The molecule has 1 aromatic carbocycles. The lowest BCUT2D eigenvalue weighted by atomic mass is 9.71. The normalized spacial score (nSPS) is 29.9. The molecule has 3 rings (SSSR count). The zero-order valence-electron chi connectivity index (χ0n) is 13.9. The summed E-state index contributed by atoms with van der Waals surface area (Å²) >= 11 is 0. The van der Waals surface area contributed by atoms with Crippen LogP contribution in [0.15, 0.2) is 29.4 Å². The number of fused-ring (bicyclic) bond motifs is 2. The molecule has 2 fully saturated rings. The summed E-state index contributed by atoms with van der Waals surface area (Å²) in [5.41, 5.74) is -0.424. The van der Waals surface area contributed by atoms with E-state index < -0.39 is 17.7 Å². The molecule has 2 atom stereocenters. The summed E-state index contributed by atoms with van der Waals surface area (Å²) in [6.45, 7) is 6.27. The highest BCUT2D eigenvalue weighted by molar-refractivity contribution is 5.98. The molecule has 130 valence electrons. The second kappa shape index (κ2) is 5.33. The first kappa shape index (κ1) is 17.0. The highest BCUT2D eigenvalue weighted by Gasteiger charge is 2.57. The van der Waals surface area contributed by atoms with Gasteiger partial charge in [-0.05, 0) is 43.4 Å². The molecule has 0 N–H and O–H groups in total. The number of nitrogens with zero attached hydrogens (tertiary/aromatic N) is 1. The third-order valence-electron chi connectivity index (χ3n) is 5.59. The van der Waals surface area contributed by atoms with Gasteiger partial charge in [0, 0.05) is 10.8 Å². The molecule has 0 radical (unpaired) electrons. The molecule has 0 aromatic heterocycles. The average molecular weight is 339 g/mol. The maximum absolute atomic E-state index is 12.7. The number of hydrogen-bond donors (Lipinski definition) is 0. The molecule has 0 spiro atoms. The second-order valence-electron chi connectivity index (χ2n) is 7.62. The number of oxime groups is 1. The number of hydrogen-bond acceptors (Lipinski definition) is 3. The van der Waals surface area contributed by atoms with Crippen molar-refractivity contribution < 1.29 is 22.8 Å². The van der Waals surface area contributed by atoms with Crippen LogP contribution in [0.3, 0.4) is 0 Å². The van der Waals surface area contributed by atoms with E-state index in [1.54, 1.807) is 0 Å². The molecule has 2 aliphatic rings. The number of carbonyl (C=O) groups is 1. The summed E-state index contributed by atoms with van der Waals surface area (Å²) in [6.07, 6.45) is -1.35. The van der Waals surface area contributed by atoms with E-state index in [2.05, 4.69) is 25.9 Å². The first-order valence-corrected chi connectivity index (χ1v) is 8.02. The molecule has 0 aliphatic heterocycles. The molecule has 6 heteroatoms. The molecular weight excluding hydrogens is 319 g/mol. The minimum Gasteiger partial charge on any atom is -0.313 e. The third kappa shape index (κ3) is 2.72. The van der Waals surface area contributed by atoms with Gasteiger partial charge >= 0.3 is 12.1 Å². The van der Waals surface area contributed by atoms with Crippen LogP contribution in [-0.4, -0.2) is 11.7 Å². The molecule has 1 unspecified atom stereocenters. The lowest BCUT2D eigenvalue weighted by Crippen LogP contribution is -2.36. The molecule has 0 heterocycles. The average Bonchev–Trinajstić information content (AvgIpc) is 2.97. The van der Waals surface area contributed by atoms with Crippen LogP contribution in [0.2, 0.25) is 0 Å². The van der Waals surface area contributed by atoms with Crippen LogP contribution in [0.25, 0.3) is 0 Å². The van der Waals surface area contributed by atoms with Gasteiger partial charge in [0.2, 0.25) is 0 Å². The fourth-order valence-electron chi connectivity index (χ4n) is 4.23. The zero-order chi connectivity index (χ0) is 17.8. The van der Waals surface area contributed by atoms with E-state index in [0.717, 1.165) is 37.1 Å². The quantitative estimate of drug-likeness (QED) is 0.558. The van der Waals surface area contributed by atoms with Crippen LogP contribution >= 0.6 is 0 Å². The molecule has 3 nitrogen and oxygen atoms in total. The van der Waals surface area contributed by atoms with Crippen molar-refractivity contribution in [1.29, 1.82) is 0 Å². The van der Waals surface area contributed by atoms with Gasteiger partial charge in [0.25, 0.3) is 0 Å². The fraction of sp³-hybridized carbons (Fsp3) is 0.556. The fourth-order valence-corrected chi connectivity index (χ4v) is 4.23. The van der Waals surface area contributed by atoms with Crippen molar-refractivity contribution in [2.45, 2.75) is 46.2 Å². The smallest absolute Gasteiger partial charge is 0.313 e. The highest BCUT2D eigenvalue weighted by Crippen LogP contribution is 2.60. The van der Waals surface area contributed by atoms with Gasteiger partial charge in [0.1, 0.15) is 0 Å². The summed E-state index contributed by atoms with van der Waals surface area (Å²) in [7, 11) is 0. The van der Waals surface area contributed by atoms with Gasteiger partial charge in [0.05, 0.1) is 16.8 Å². The van der Waals surface area contributed by atoms with Crippen molar-refractivity contribution in [3.05, 3.63) is 35.4 Å². The van der Waals surface area contributed by atoms with E-state index in [-0.39, 0.29) is 16.4 Å². The maximum Gasteiger partial charge on any atom is 0.416 e. The van der Waals surface area contributed by atoms with Crippen molar-refractivity contribution in [2.24, 2.45) is 21.9 Å².